The third-order valence-corrected chi connectivity index (χ3v) is 3.73. The Morgan fingerprint density at radius 3 is 2.92 bits per heavy atom. The summed E-state index contributed by atoms with van der Waals surface area (Å²) >= 11 is 0. The molecule has 0 bridgehead atoms. The van der Waals surface area contributed by atoms with Crippen molar-refractivity contribution in [3.05, 3.63) is 53.6 Å². The van der Waals surface area contributed by atoms with E-state index in [0.717, 1.165) is 18.7 Å². The number of anilines is 2. The van der Waals surface area contributed by atoms with Gasteiger partial charge in [-0.2, -0.15) is 0 Å². The van der Waals surface area contributed by atoms with Gasteiger partial charge in [0.2, 0.25) is 0 Å². The minimum Gasteiger partial charge on any atom is -0.491 e. The van der Waals surface area contributed by atoms with Crippen LogP contribution in [0.15, 0.2) is 42.5 Å². The number of hydrogen-bond acceptors (Lipinski definition) is 4. The largest absolute Gasteiger partial charge is 0.491 e. The minimum atomic E-state index is -0.117. The van der Waals surface area contributed by atoms with E-state index in [1.807, 2.05) is 42.5 Å². The first-order valence-corrected chi connectivity index (χ1v) is 7.66. The summed E-state index contributed by atoms with van der Waals surface area (Å²) < 4.78 is 10.5. The van der Waals surface area contributed by atoms with Gasteiger partial charge in [0, 0.05) is 36.7 Å². The van der Waals surface area contributed by atoms with E-state index in [1.54, 1.807) is 7.11 Å². The smallest absolute Gasteiger partial charge is 0.255 e. The summed E-state index contributed by atoms with van der Waals surface area (Å²) in [6.07, 6.45) is 0.958. The van der Waals surface area contributed by atoms with Crippen molar-refractivity contribution >= 4 is 29.7 Å². The lowest BCUT2D eigenvalue weighted by molar-refractivity contribution is 0.102. The van der Waals surface area contributed by atoms with Crippen LogP contribution in [0.5, 0.6) is 5.75 Å². The van der Waals surface area contributed by atoms with Gasteiger partial charge in [-0.25, -0.2) is 0 Å². The second-order valence-electron chi connectivity index (χ2n) is 5.37. The summed E-state index contributed by atoms with van der Waals surface area (Å²) in [5, 5.41) is 6.20. The molecule has 3 rings (SSSR count). The van der Waals surface area contributed by atoms with Crippen LogP contribution < -0.4 is 15.4 Å². The number of carbonyl (C=O) groups is 1. The lowest BCUT2D eigenvalue weighted by atomic mass is 10.1. The maximum absolute atomic E-state index is 12.4. The van der Waals surface area contributed by atoms with Crippen molar-refractivity contribution in [3.8, 4) is 5.75 Å². The lowest BCUT2D eigenvalue weighted by Crippen LogP contribution is -2.12. The predicted molar refractivity (Wildman–Crippen MR) is 97.6 cm³/mol. The van der Waals surface area contributed by atoms with Crippen molar-refractivity contribution in [1.82, 2.24) is 0 Å². The van der Waals surface area contributed by atoms with Crippen molar-refractivity contribution in [3.63, 3.8) is 0 Å². The summed E-state index contributed by atoms with van der Waals surface area (Å²) in [6.45, 7) is 1.94. The summed E-state index contributed by atoms with van der Waals surface area (Å²) in [5.74, 6) is 0.590. The molecule has 0 radical (unpaired) electrons. The van der Waals surface area contributed by atoms with Gasteiger partial charge in [0.05, 0.1) is 6.61 Å². The first-order valence-electron chi connectivity index (χ1n) is 7.66. The van der Waals surface area contributed by atoms with Crippen molar-refractivity contribution in [2.75, 3.05) is 37.5 Å². The molecule has 0 aromatic heterocycles. The van der Waals surface area contributed by atoms with E-state index in [0.29, 0.717) is 30.2 Å². The molecule has 0 spiro atoms. The standard InChI is InChI=1S/C18H20N2O3.ClH/c1-22-9-10-23-16-4-2-3-15(12-16)20-18(21)14-5-6-17-13(11-14)7-8-19-17;/h2-6,11-12,19H,7-10H2,1H3,(H,20,21);1H. The van der Waals surface area contributed by atoms with E-state index < -0.39 is 0 Å². The third kappa shape index (κ3) is 4.40. The highest BCUT2D eigenvalue weighted by atomic mass is 35.5. The van der Waals surface area contributed by atoms with Crippen LogP contribution in [0.1, 0.15) is 15.9 Å². The molecular formula is C18H21ClN2O3. The molecule has 128 valence electrons. The molecule has 2 aromatic rings. The van der Waals surface area contributed by atoms with Crippen LogP contribution in [0.2, 0.25) is 0 Å². The zero-order chi connectivity index (χ0) is 16.1. The summed E-state index contributed by atoms with van der Waals surface area (Å²) in [5.41, 5.74) is 3.69. The maximum Gasteiger partial charge on any atom is 0.255 e. The highest BCUT2D eigenvalue weighted by molar-refractivity contribution is 6.04. The molecule has 1 amide bonds. The normalized spacial score (nSPS) is 11.9. The quantitative estimate of drug-likeness (QED) is 0.786. The van der Waals surface area contributed by atoms with Gasteiger partial charge >= 0.3 is 0 Å². The topological polar surface area (TPSA) is 59.6 Å². The average molecular weight is 349 g/mol. The summed E-state index contributed by atoms with van der Waals surface area (Å²) in [7, 11) is 1.63. The molecule has 24 heavy (non-hydrogen) atoms. The predicted octanol–water partition coefficient (Wildman–Crippen LogP) is 3.35. The Labute approximate surface area is 147 Å². The zero-order valence-electron chi connectivity index (χ0n) is 13.5. The number of hydrogen-bond donors (Lipinski definition) is 2. The Bertz CT molecular complexity index is 706. The van der Waals surface area contributed by atoms with Crippen molar-refractivity contribution in [1.29, 1.82) is 0 Å². The molecule has 0 saturated heterocycles. The molecule has 1 heterocycles. The fraction of sp³-hybridized carbons (Fsp3) is 0.278. The Morgan fingerprint density at radius 2 is 2.08 bits per heavy atom. The first kappa shape index (κ1) is 18.1. The van der Waals surface area contributed by atoms with E-state index >= 15 is 0 Å². The molecule has 6 heteroatoms. The number of nitrogens with one attached hydrogen (secondary N) is 2. The molecule has 0 unspecified atom stereocenters. The van der Waals surface area contributed by atoms with Crippen LogP contribution in [0.4, 0.5) is 11.4 Å². The molecule has 2 N–H and O–H groups in total. The second kappa shape index (κ2) is 8.57. The molecule has 0 atom stereocenters. The maximum atomic E-state index is 12.4. The molecule has 5 nitrogen and oxygen atoms in total. The highest BCUT2D eigenvalue weighted by Crippen LogP contribution is 2.24. The van der Waals surface area contributed by atoms with Gasteiger partial charge in [-0.15, -0.1) is 12.4 Å². The van der Waals surface area contributed by atoms with Crippen LogP contribution in [0.25, 0.3) is 0 Å². The van der Waals surface area contributed by atoms with Crippen LogP contribution in [-0.2, 0) is 11.2 Å². The van der Waals surface area contributed by atoms with Crippen LogP contribution in [0, 0.1) is 0 Å². The van der Waals surface area contributed by atoms with Crippen molar-refractivity contribution < 1.29 is 14.3 Å². The number of ether oxygens (including phenoxy) is 2. The molecule has 1 aliphatic rings. The molecule has 0 fully saturated rings. The van der Waals surface area contributed by atoms with Gasteiger partial charge in [0.25, 0.3) is 5.91 Å². The van der Waals surface area contributed by atoms with E-state index in [4.69, 9.17) is 9.47 Å². The van der Waals surface area contributed by atoms with Crippen LogP contribution in [-0.4, -0.2) is 32.8 Å². The van der Waals surface area contributed by atoms with Gasteiger partial charge in [0.15, 0.2) is 0 Å². The first-order chi connectivity index (χ1) is 11.3. The second-order valence-corrected chi connectivity index (χ2v) is 5.37. The van der Waals surface area contributed by atoms with E-state index in [1.165, 1.54) is 5.56 Å². The van der Waals surface area contributed by atoms with Crippen LogP contribution in [0.3, 0.4) is 0 Å². The van der Waals surface area contributed by atoms with E-state index in [-0.39, 0.29) is 18.3 Å². The van der Waals surface area contributed by atoms with Crippen molar-refractivity contribution in [2.24, 2.45) is 0 Å². The highest BCUT2D eigenvalue weighted by Gasteiger charge is 2.13. The Kier molecular flexibility index (Phi) is 6.46. The Balaban J connectivity index is 0.00000208. The number of fused-ring (bicyclic) bond motifs is 1. The molecular weight excluding hydrogens is 328 g/mol. The molecule has 2 aromatic carbocycles. The van der Waals surface area contributed by atoms with Gasteiger partial charge < -0.3 is 20.1 Å². The average Bonchev–Trinajstić information content (AvgIpc) is 3.03. The number of halogens is 1. The molecule has 0 saturated carbocycles. The number of methoxy groups -OCH3 is 1. The Hall–Kier alpha value is -2.24. The number of amides is 1. The SMILES string of the molecule is COCCOc1cccc(NC(=O)c2ccc3c(c2)CCN3)c1.Cl. The van der Waals surface area contributed by atoms with Crippen molar-refractivity contribution in [2.45, 2.75) is 6.42 Å². The molecule has 1 aliphatic heterocycles. The third-order valence-electron chi connectivity index (χ3n) is 3.73. The Morgan fingerprint density at radius 1 is 1.21 bits per heavy atom. The summed E-state index contributed by atoms with van der Waals surface area (Å²) in [4.78, 5) is 12.4. The summed E-state index contributed by atoms with van der Waals surface area (Å²) in [6, 6.07) is 13.1. The number of benzene rings is 2. The van der Waals surface area contributed by atoms with E-state index in [9.17, 15) is 4.79 Å². The number of rotatable bonds is 6. The van der Waals surface area contributed by atoms with Gasteiger partial charge in [0.1, 0.15) is 12.4 Å². The fourth-order valence-corrected chi connectivity index (χ4v) is 2.56. The zero-order valence-corrected chi connectivity index (χ0v) is 14.3. The van der Waals surface area contributed by atoms with Crippen LogP contribution >= 0.6 is 12.4 Å². The number of carbonyl (C=O) groups excluding carboxylic acids is 1. The fourth-order valence-electron chi connectivity index (χ4n) is 2.56. The van der Waals surface area contributed by atoms with Gasteiger partial charge in [-0.3, -0.25) is 4.79 Å². The monoisotopic (exact) mass is 348 g/mol. The van der Waals surface area contributed by atoms with Gasteiger partial charge in [-0.05, 0) is 42.3 Å². The lowest BCUT2D eigenvalue weighted by Gasteiger charge is -2.09. The van der Waals surface area contributed by atoms with Gasteiger partial charge in [-0.1, -0.05) is 6.07 Å². The van der Waals surface area contributed by atoms with E-state index in [2.05, 4.69) is 10.6 Å². The minimum absolute atomic E-state index is 0. The molecule has 0 aliphatic carbocycles.